The number of nitrogens with one attached hydrogen (secondary N) is 1. The number of carbonyl (C=O) groups excluding carboxylic acids is 1. The van der Waals surface area contributed by atoms with Gasteiger partial charge in [-0.05, 0) is 55.5 Å². The minimum absolute atomic E-state index is 0.155. The van der Waals surface area contributed by atoms with Crippen molar-refractivity contribution in [2.75, 3.05) is 0 Å². The zero-order chi connectivity index (χ0) is 25.0. The molecule has 0 unspecified atom stereocenters. The normalized spacial score (nSPS) is 19.1. The van der Waals surface area contributed by atoms with Crippen LogP contribution in [0.5, 0.6) is 0 Å². The van der Waals surface area contributed by atoms with Crippen LogP contribution in [0.2, 0.25) is 0 Å². The number of ether oxygens (including phenoxy) is 1. The van der Waals surface area contributed by atoms with Crippen LogP contribution in [0, 0.1) is 12.8 Å². The van der Waals surface area contributed by atoms with Crippen LogP contribution in [0.15, 0.2) is 83.8 Å². The molecule has 184 valence electrons. The van der Waals surface area contributed by atoms with E-state index in [1.807, 2.05) is 61.5 Å². The maximum absolute atomic E-state index is 13.1. The van der Waals surface area contributed by atoms with E-state index in [4.69, 9.17) is 4.74 Å². The van der Waals surface area contributed by atoms with Crippen LogP contribution in [0.25, 0.3) is 0 Å². The fraction of sp³-hybridized carbons (Fsp3) is 0.321. The Balaban J connectivity index is 1.46. The second kappa shape index (κ2) is 10.7. The molecule has 3 aromatic rings. The van der Waals surface area contributed by atoms with Crippen molar-refractivity contribution in [1.29, 1.82) is 0 Å². The summed E-state index contributed by atoms with van der Waals surface area (Å²) in [6.45, 7) is 3.54. The van der Waals surface area contributed by atoms with E-state index in [1.165, 1.54) is 0 Å². The molecule has 1 aliphatic carbocycles. The van der Waals surface area contributed by atoms with Crippen molar-refractivity contribution in [2.45, 2.75) is 56.3 Å². The summed E-state index contributed by atoms with van der Waals surface area (Å²) in [4.78, 5) is 13.1. The van der Waals surface area contributed by atoms with E-state index in [2.05, 4.69) is 4.72 Å². The summed E-state index contributed by atoms with van der Waals surface area (Å²) < 4.78 is 34.8. The first-order chi connectivity index (χ1) is 16.7. The van der Waals surface area contributed by atoms with E-state index in [0.717, 1.165) is 22.3 Å². The van der Waals surface area contributed by atoms with Crippen LogP contribution in [-0.2, 0) is 32.4 Å². The number of aryl methyl sites for hydroxylation is 2. The SMILES string of the molecule is Cc1ccc(S(=O)(=O)N[C@@H]2c3ccccc3C[C@@H]2OC(=O)[C@H](C)[C@H](O)CCc2ccccc2)cc1. The molecule has 0 aliphatic heterocycles. The van der Waals surface area contributed by atoms with Gasteiger partial charge in [-0.2, -0.15) is 4.72 Å². The number of benzene rings is 3. The van der Waals surface area contributed by atoms with E-state index in [9.17, 15) is 18.3 Å². The van der Waals surface area contributed by atoms with Crippen molar-refractivity contribution in [1.82, 2.24) is 4.72 Å². The zero-order valence-corrected chi connectivity index (χ0v) is 20.7. The van der Waals surface area contributed by atoms with Crippen LogP contribution >= 0.6 is 0 Å². The largest absolute Gasteiger partial charge is 0.460 e. The molecule has 0 amide bonds. The topological polar surface area (TPSA) is 92.7 Å². The lowest BCUT2D eigenvalue weighted by Crippen LogP contribution is -2.38. The molecule has 4 atom stereocenters. The molecule has 3 aromatic carbocycles. The summed E-state index contributed by atoms with van der Waals surface area (Å²) in [6, 6.07) is 23.2. The third-order valence-corrected chi connectivity index (χ3v) is 8.04. The minimum atomic E-state index is -3.84. The van der Waals surface area contributed by atoms with E-state index in [0.29, 0.717) is 19.3 Å². The van der Waals surface area contributed by atoms with E-state index >= 15 is 0 Å². The second-order valence-electron chi connectivity index (χ2n) is 9.17. The van der Waals surface area contributed by atoms with Gasteiger partial charge in [-0.1, -0.05) is 72.3 Å². The molecule has 0 saturated carbocycles. The number of fused-ring (bicyclic) bond motifs is 1. The van der Waals surface area contributed by atoms with Gasteiger partial charge in [0.05, 0.1) is 23.0 Å². The molecule has 2 N–H and O–H groups in total. The van der Waals surface area contributed by atoms with Gasteiger partial charge in [0.1, 0.15) is 6.10 Å². The zero-order valence-electron chi connectivity index (χ0n) is 19.9. The lowest BCUT2D eigenvalue weighted by atomic mass is 9.98. The lowest BCUT2D eigenvalue weighted by Gasteiger charge is -2.25. The first-order valence-corrected chi connectivity index (χ1v) is 13.3. The Morgan fingerprint density at radius 1 is 1.03 bits per heavy atom. The molecule has 0 aromatic heterocycles. The van der Waals surface area contributed by atoms with Gasteiger partial charge in [0, 0.05) is 6.42 Å². The summed E-state index contributed by atoms with van der Waals surface area (Å²) >= 11 is 0. The molecule has 0 spiro atoms. The Labute approximate surface area is 207 Å². The van der Waals surface area contributed by atoms with Crippen molar-refractivity contribution in [3.63, 3.8) is 0 Å². The van der Waals surface area contributed by atoms with E-state index in [-0.39, 0.29) is 4.90 Å². The number of rotatable bonds is 9. The third-order valence-electron chi connectivity index (χ3n) is 6.58. The monoisotopic (exact) mass is 493 g/mol. The average Bonchev–Trinajstić information content (AvgIpc) is 3.19. The van der Waals surface area contributed by atoms with Gasteiger partial charge >= 0.3 is 5.97 Å². The van der Waals surface area contributed by atoms with E-state index in [1.54, 1.807) is 31.2 Å². The van der Waals surface area contributed by atoms with Crippen LogP contribution in [-0.4, -0.2) is 31.7 Å². The van der Waals surface area contributed by atoms with Crippen molar-refractivity contribution >= 4 is 16.0 Å². The van der Waals surface area contributed by atoms with Gasteiger partial charge in [0.25, 0.3) is 0 Å². The highest BCUT2D eigenvalue weighted by Gasteiger charge is 2.39. The number of sulfonamides is 1. The maximum atomic E-state index is 13.1. The molecule has 7 heteroatoms. The predicted molar refractivity (Wildman–Crippen MR) is 134 cm³/mol. The fourth-order valence-corrected chi connectivity index (χ4v) is 5.63. The Morgan fingerprint density at radius 3 is 2.40 bits per heavy atom. The molecule has 4 rings (SSSR count). The Kier molecular flexibility index (Phi) is 7.69. The third kappa shape index (κ3) is 5.99. The summed E-state index contributed by atoms with van der Waals surface area (Å²) in [5, 5.41) is 10.6. The standard InChI is InChI=1S/C28H31NO5S/c1-19-12-15-23(16-13-19)35(32,33)29-27-24-11-7-6-10-22(24)18-26(27)34-28(31)20(2)25(30)17-14-21-8-4-3-5-9-21/h3-13,15-16,20,25-27,29-30H,14,17-18H2,1-2H3/t20-,25-,26+,27-/m1/s1. The van der Waals surface area contributed by atoms with Crippen molar-refractivity contribution in [3.8, 4) is 0 Å². The van der Waals surface area contributed by atoms with Crippen LogP contribution in [0.3, 0.4) is 0 Å². The molecule has 35 heavy (non-hydrogen) atoms. The number of hydrogen-bond donors (Lipinski definition) is 2. The molecular weight excluding hydrogens is 462 g/mol. The second-order valence-corrected chi connectivity index (χ2v) is 10.9. The van der Waals surface area contributed by atoms with Gasteiger partial charge in [-0.15, -0.1) is 0 Å². The number of esters is 1. The minimum Gasteiger partial charge on any atom is -0.460 e. The Morgan fingerprint density at radius 2 is 1.69 bits per heavy atom. The number of aliphatic hydroxyl groups excluding tert-OH is 1. The molecule has 1 aliphatic rings. The molecule has 0 fully saturated rings. The molecule has 0 heterocycles. The highest BCUT2D eigenvalue weighted by atomic mass is 32.2. The highest BCUT2D eigenvalue weighted by molar-refractivity contribution is 7.89. The first kappa shape index (κ1) is 25.1. The van der Waals surface area contributed by atoms with E-state index < -0.39 is 40.2 Å². The maximum Gasteiger partial charge on any atom is 0.311 e. The quantitative estimate of drug-likeness (QED) is 0.438. The van der Waals surface area contributed by atoms with Crippen LogP contribution in [0.4, 0.5) is 0 Å². The van der Waals surface area contributed by atoms with Crippen LogP contribution < -0.4 is 4.72 Å². The van der Waals surface area contributed by atoms with Gasteiger partial charge in [-0.25, -0.2) is 8.42 Å². The molecule has 6 nitrogen and oxygen atoms in total. The average molecular weight is 494 g/mol. The fourth-order valence-electron chi connectivity index (χ4n) is 4.38. The molecule has 0 saturated heterocycles. The predicted octanol–water partition coefficient (Wildman–Crippen LogP) is 4.11. The van der Waals surface area contributed by atoms with Gasteiger partial charge < -0.3 is 9.84 Å². The Bertz CT molecular complexity index is 1260. The van der Waals surface area contributed by atoms with Crippen molar-refractivity contribution in [3.05, 3.63) is 101 Å². The van der Waals surface area contributed by atoms with Gasteiger partial charge in [-0.3, -0.25) is 4.79 Å². The van der Waals surface area contributed by atoms with Gasteiger partial charge in [0.2, 0.25) is 10.0 Å². The lowest BCUT2D eigenvalue weighted by molar-refractivity contribution is -0.158. The summed E-state index contributed by atoms with van der Waals surface area (Å²) in [7, 11) is -3.84. The van der Waals surface area contributed by atoms with Crippen molar-refractivity contribution < 1.29 is 23.1 Å². The van der Waals surface area contributed by atoms with Gasteiger partial charge in [0.15, 0.2) is 0 Å². The first-order valence-electron chi connectivity index (χ1n) is 11.8. The smallest absolute Gasteiger partial charge is 0.311 e. The van der Waals surface area contributed by atoms with Crippen molar-refractivity contribution in [2.24, 2.45) is 5.92 Å². The Hall–Kier alpha value is -3.00. The summed E-state index contributed by atoms with van der Waals surface area (Å²) in [5.41, 5.74) is 3.77. The molecule has 0 radical (unpaired) electrons. The molecule has 0 bridgehead atoms. The van der Waals surface area contributed by atoms with Crippen LogP contribution in [0.1, 0.15) is 41.6 Å². The molecular formula is C28H31NO5S. The summed E-state index contributed by atoms with van der Waals surface area (Å²) in [5.74, 6) is -1.28. The summed E-state index contributed by atoms with van der Waals surface area (Å²) in [6.07, 6.45) is -0.101. The number of carbonyl (C=O) groups is 1. The number of hydrogen-bond acceptors (Lipinski definition) is 5. The highest BCUT2D eigenvalue weighted by Crippen LogP contribution is 2.35. The number of aliphatic hydroxyl groups is 1.